The van der Waals surface area contributed by atoms with Gasteiger partial charge in [0.05, 0.1) is 42.4 Å². The molecule has 0 bridgehead atoms. The number of rotatable bonds is 11. The van der Waals surface area contributed by atoms with Gasteiger partial charge in [-0.3, -0.25) is 9.11 Å². The van der Waals surface area contributed by atoms with E-state index in [1.165, 1.54) is 0 Å². The molecule has 0 saturated heterocycles. The summed E-state index contributed by atoms with van der Waals surface area (Å²) in [6, 6.07) is 9.26. The van der Waals surface area contributed by atoms with Crippen molar-refractivity contribution in [2.75, 3.05) is 0 Å². The van der Waals surface area contributed by atoms with E-state index in [1.807, 2.05) is 0 Å². The van der Waals surface area contributed by atoms with Crippen molar-refractivity contribution in [3.8, 4) is 23.0 Å². The minimum absolute atomic E-state index is 0.0614. The van der Waals surface area contributed by atoms with Gasteiger partial charge in [-0.25, -0.2) is 15.6 Å². The molecule has 0 aromatic heterocycles. The van der Waals surface area contributed by atoms with Gasteiger partial charge in [0, 0.05) is 24.3 Å². The number of phenolic OH excluding ortho intramolecular Hbond substituents is 4. The van der Waals surface area contributed by atoms with Crippen molar-refractivity contribution >= 4 is 82.2 Å². The van der Waals surface area contributed by atoms with Crippen LogP contribution in [0.1, 0.15) is 0 Å². The zero-order valence-corrected chi connectivity index (χ0v) is 28.2. The summed E-state index contributed by atoms with van der Waals surface area (Å²) in [5, 5.41) is 90.9. The van der Waals surface area contributed by atoms with E-state index in [0.717, 1.165) is 30.3 Å². The van der Waals surface area contributed by atoms with Crippen molar-refractivity contribution in [2.45, 2.75) is 9.79 Å². The molecule has 0 unspecified atom stereocenters. The maximum Gasteiger partial charge on any atom is 0.367 e. The minimum atomic E-state index is -5.26. The van der Waals surface area contributed by atoms with Gasteiger partial charge in [-0.1, -0.05) is 0 Å². The summed E-state index contributed by atoms with van der Waals surface area (Å²) in [7, 11) is -10.3. The SMILES string of the molecule is O=[N+](O)c1ccc(/N=N/c2c(S(=O)(=O)O)cc3cc(S(=O)(=O)O)cc(/N=N/c4cc(/N=N/c5cc([N+](=O)O)cc([N+](=O)O)c5O)c(O)cc4O)c3c2O)cc1. The third kappa shape index (κ3) is 8.23. The molecule has 0 heterocycles. The van der Waals surface area contributed by atoms with Gasteiger partial charge < -0.3 is 20.4 Å². The zero-order chi connectivity index (χ0) is 40.6. The Morgan fingerprint density at radius 2 is 1.07 bits per heavy atom. The van der Waals surface area contributed by atoms with Crippen LogP contribution in [-0.4, -0.2) is 76.8 Å². The van der Waals surface area contributed by atoms with E-state index in [-0.39, 0.29) is 11.4 Å². The zero-order valence-electron chi connectivity index (χ0n) is 26.6. The van der Waals surface area contributed by atoms with Crippen LogP contribution in [0, 0.1) is 14.7 Å². The van der Waals surface area contributed by atoms with Gasteiger partial charge in [-0.15, -0.1) is 25.6 Å². The van der Waals surface area contributed by atoms with Crippen molar-refractivity contribution in [1.82, 2.24) is 0 Å². The quantitative estimate of drug-likeness (QED) is 0.0376. The molecule has 9 N–H and O–H groups in total. The summed E-state index contributed by atoms with van der Waals surface area (Å²) in [6.07, 6.45) is 0. The highest BCUT2D eigenvalue weighted by molar-refractivity contribution is 7.86. The van der Waals surface area contributed by atoms with E-state index in [1.54, 1.807) is 0 Å². The second-order valence-electron chi connectivity index (χ2n) is 10.7. The Kier molecular flexibility index (Phi) is 10.1. The van der Waals surface area contributed by atoms with Crippen LogP contribution in [0.15, 0.2) is 107 Å². The summed E-state index contributed by atoms with van der Waals surface area (Å²) in [5.74, 6) is -3.74. The minimum Gasteiger partial charge on any atom is -0.505 e. The predicted octanol–water partition coefficient (Wildman–Crippen LogP) is 6.80. The molecule has 0 aliphatic heterocycles. The van der Waals surface area contributed by atoms with E-state index in [0.29, 0.717) is 36.4 Å². The van der Waals surface area contributed by atoms with E-state index in [2.05, 4.69) is 30.7 Å². The molecule has 55 heavy (non-hydrogen) atoms. The number of benzene rings is 5. The van der Waals surface area contributed by atoms with Crippen LogP contribution in [0.25, 0.3) is 10.8 Å². The number of nitrogens with zero attached hydrogens (tertiary/aromatic N) is 9. The normalized spacial score (nSPS) is 12.3. The first-order chi connectivity index (χ1) is 25.6. The molecule has 282 valence electrons. The molecule has 0 aliphatic rings. The van der Waals surface area contributed by atoms with E-state index in [9.17, 15) is 71.5 Å². The summed E-state index contributed by atoms with van der Waals surface area (Å²) in [5.41, 5.74) is -5.33. The van der Waals surface area contributed by atoms with Crippen molar-refractivity contribution in [3.05, 3.63) is 81.5 Å². The maximum absolute atomic E-state index is 12.3. The lowest BCUT2D eigenvalue weighted by Crippen LogP contribution is -2.01. The smallest absolute Gasteiger partial charge is 0.367 e. The second-order valence-corrected chi connectivity index (χ2v) is 13.5. The third-order valence-corrected chi connectivity index (χ3v) is 8.80. The van der Waals surface area contributed by atoms with Gasteiger partial charge in [-0.05, 0) is 35.7 Å². The summed E-state index contributed by atoms with van der Waals surface area (Å²) < 4.78 is 68.7. The van der Waals surface area contributed by atoms with Crippen molar-refractivity contribution in [2.24, 2.45) is 30.7 Å². The van der Waals surface area contributed by atoms with Gasteiger partial charge in [0.25, 0.3) is 35.0 Å². The summed E-state index contributed by atoms with van der Waals surface area (Å²) in [4.78, 5) is 29.7. The topological polar surface area (TPSA) is 385 Å². The molecule has 0 amide bonds. The lowest BCUT2D eigenvalue weighted by molar-refractivity contribution is -0.735. The number of phenols is 4. The molecule has 5 aromatic carbocycles. The number of azo groups is 3. The molecular weight excluding hydrogens is 782 g/mol. The summed E-state index contributed by atoms with van der Waals surface area (Å²) >= 11 is 0. The third-order valence-electron chi connectivity index (χ3n) is 7.10. The van der Waals surface area contributed by atoms with Crippen LogP contribution in [0.5, 0.6) is 23.0 Å². The standard InChI is InChI=1S/C28H17N9O16S2/c38-22-11-23(39)18(31-33-20-7-15(36(44)45)8-21(27(20)40)37(46)47)10-17(22)30-32-19-9-16(54(48,49)50)5-12-6-24(55(51,52)53)26(28(41)25(12)19)34-29-13-1-3-14(4-2-13)35(42)43/h1-11H,(H6-3,29,30,31,32,33,34,38,39,40,41,42,43,44,45,46,47,48,49,50,51,52,53)/p+3. The Morgan fingerprint density at radius 1 is 0.509 bits per heavy atom. The first-order valence-corrected chi connectivity index (χ1v) is 17.1. The number of hydrogen-bond acceptors (Lipinski definition) is 17. The molecule has 5 rings (SSSR count). The molecular formula is C28H20N9O16S2+3. The Morgan fingerprint density at radius 3 is 1.60 bits per heavy atom. The molecule has 27 heteroatoms. The van der Waals surface area contributed by atoms with Gasteiger partial charge in [0.15, 0.2) is 5.75 Å². The Hall–Kier alpha value is -7.62. The molecule has 0 saturated carbocycles. The molecule has 25 nitrogen and oxygen atoms in total. The van der Waals surface area contributed by atoms with Crippen LogP contribution < -0.4 is 0 Å². The fraction of sp³-hybridized carbons (Fsp3) is 0. The number of aromatic hydroxyl groups is 4. The first kappa shape index (κ1) is 38.6. The summed E-state index contributed by atoms with van der Waals surface area (Å²) in [6.45, 7) is 0. The Bertz CT molecular complexity index is 2790. The lowest BCUT2D eigenvalue weighted by Gasteiger charge is -2.12. The predicted molar refractivity (Wildman–Crippen MR) is 177 cm³/mol. The van der Waals surface area contributed by atoms with Gasteiger partial charge in [0.2, 0.25) is 5.75 Å². The highest BCUT2D eigenvalue weighted by atomic mass is 32.2. The molecule has 0 radical (unpaired) electrons. The van der Waals surface area contributed by atoms with E-state index < -0.39 is 118 Å². The average molecular weight is 803 g/mol. The molecule has 0 aliphatic carbocycles. The van der Waals surface area contributed by atoms with Gasteiger partial charge >= 0.3 is 17.1 Å². The maximum atomic E-state index is 12.3. The number of hydrogen-bond donors (Lipinski definition) is 9. The largest absolute Gasteiger partial charge is 0.505 e. The highest BCUT2D eigenvalue weighted by Crippen LogP contribution is 2.47. The van der Waals surface area contributed by atoms with Crippen molar-refractivity contribution < 1.29 is 76.8 Å². The Labute approximate surface area is 303 Å². The molecule has 5 aromatic rings. The van der Waals surface area contributed by atoms with Crippen LogP contribution in [0.4, 0.5) is 51.2 Å². The molecule has 0 spiro atoms. The second kappa shape index (κ2) is 14.4. The first-order valence-electron chi connectivity index (χ1n) is 14.2. The molecule has 0 fully saturated rings. The monoisotopic (exact) mass is 802 g/mol. The molecule has 0 atom stereocenters. The van der Waals surface area contributed by atoms with Crippen LogP contribution >= 0.6 is 0 Å². The highest BCUT2D eigenvalue weighted by Gasteiger charge is 2.30. The van der Waals surface area contributed by atoms with Gasteiger partial charge in [0.1, 0.15) is 45.2 Å². The van der Waals surface area contributed by atoms with E-state index in [4.69, 9.17) is 5.21 Å². The van der Waals surface area contributed by atoms with Gasteiger partial charge in [-0.2, -0.15) is 21.9 Å². The Balaban J connectivity index is 1.67. The average Bonchev–Trinajstić information content (AvgIpc) is 3.09. The fourth-order valence-electron chi connectivity index (χ4n) is 4.57. The van der Waals surface area contributed by atoms with Crippen molar-refractivity contribution in [1.29, 1.82) is 0 Å². The lowest BCUT2D eigenvalue weighted by atomic mass is 10.1. The van der Waals surface area contributed by atoms with Crippen molar-refractivity contribution in [3.63, 3.8) is 0 Å². The van der Waals surface area contributed by atoms with E-state index >= 15 is 0 Å². The fourth-order valence-corrected chi connectivity index (χ4v) is 5.76. The van der Waals surface area contributed by atoms with Crippen LogP contribution in [0.2, 0.25) is 0 Å². The van der Waals surface area contributed by atoms with Crippen LogP contribution in [-0.2, 0) is 20.2 Å². The van der Waals surface area contributed by atoms with Crippen LogP contribution in [0.3, 0.4) is 0 Å². The number of fused-ring (bicyclic) bond motifs is 1.